The van der Waals surface area contributed by atoms with Gasteiger partial charge in [0.25, 0.3) is 0 Å². The van der Waals surface area contributed by atoms with Gasteiger partial charge in [0.1, 0.15) is 0 Å². The normalized spacial score (nSPS) is 55.4. The van der Waals surface area contributed by atoms with Crippen molar-refractivity contribution in [3.63, 3.8) is 0 Å². The Bertz CT molecular complexity index is 820. The van der Waals surface area contributed by atoms with Gasteiger partial charge in [0.2, 0.25) is 0 Å². The molecule has 174 valence electrons. The van der Waals surface area contributed by atoms with Crippen LogP contribution in [0.1, 0.15) is 106 Å². The first-order valence-corrected chi connectivity index (χ1v) is 13.3. The lowest BCUT2D eigenvalue weighted by molar-refractivity contribution is -0.161. The summed E-state index contributed by atoms with van der Waals surface area (Å²) in [5, 5.41) is 10.2. The highest BCUT2D eigenvalue weighted by Gasteiger charge is 2.66. The average Bonchev–Trinajstić information content (AvgIpc) is 2.69. The van der Waals surface area contributed by atoms with Gasteiger partial charge in [-0.05, 0) is 108 Å². The Hall–Kier alpha value is -0.560. The van der Waals surface area contributed by atoms with E-state index in [1.54, 1.807) is 0 Å². The summed E-state index contributed by atoms with van der Waals surface area (Å²) in [5.74, 6) is 2.26. The lowest BCUT2D eigenvalue weighted by Crippen LogP contribution is -2.62. The van der Waals surface area contributed by atoms with Crippen LogP contribution in [0.5, 0.6) is 0 Å². The molecule has 0 amide bonds. The molecule has 0 aromatic rings. The number of aliphatic hydroxyl groups excluding tert-OH is 1. The molecule has 0 heterocycles. The molecule has 0 aromatic carbocycles. The van der Waals surface area contributed by atoms with Crippen molar-refractivity contribution in [2.45, 2.75) is 106 Å². The van der Waals surface area contributed by atoms with Crippen molar-refractivity contribution < 1.29 is 5.11 Å². The van der Waals surface area contributed by atoms with E-state index in [0.29, 0.717) is 39.6 Å². The van der Waals surface area contributed by atoms with Crippen molar-refractivity contribution in [1.82, 2.24) is 0 Å². The maximum Gasteiger partial charge on any atom is 0.0484 e. The molecule has 0 spiro atoms. The van der Waals surface area contributed by atoms with Crippen LogP contribution in [0, 0.1) is 50.2 Å². The Morgan fingerprint density at radius 2 is 1.61 bits per heavy atom. The molecule has 0 bridgehead atoms. The highest BCUT2D eigenvalue weighted by Crippen LogP contribution is 2.75. The van der Waals surface area contributed by atoms with Gasteiger partial charge in [0.05, 0.1) is 0 Å². The number of fused-ring (bicyclic) bond motifs is 7. The fraction of sp³-hybridized carbons (Fsp3) is 0.867. The topological polar surface area (TPSA) is 20.2 Å². The van der Waals surface area contributed by atoms with Crippen LogP contribution < -0.4 is 0 Å². The van der Waals surface area contributed by atoms with Gasteiger partial charge in [-0.25, -0.2) is 0 Å². The van der Waals surface area contributed by atoms with Gasteiger partial charge in [-0.1, -0.05) is 72.3 Å². The monoisotopic (exact) mass is 424 g/mol. The van der Waals surface area contributed by atoms with Gasteiger partial charge >= 0.3 is 0 Å². The van der Waals surface area contributed by atoms with E-state index < -0.39 is 0 Å². The first-order chi connectivity index (χ1) is 14.3. The van der Waals surface area contributed by atoms with Crippen molar-refractivity contribution in [1.29, 1.82) is 0 Å². The van der Waals surface area contributed by atoms with E-state index >= 15 is 0 Å². The second-order valence-electron chi connectivity index (χ2n) is 14.6. The number of hydrogen-bond acceptors (Lipinski definition) is 1. The maximum atomic E-state index is 10.2. The number of aliphatic hydroxyl groups is 1. The Morgan fingerprint density at radius 3 is 2.32 bits per heavy atom. The minimum absolute atomic E-state index is 0.114. The summed E-state index contributed by atoms with van der Waals surface area (Å²) in [7, 11) is 0. The lowest BCUT2D eigenvalue weighted by atomic mass is 9.34. The largest absolute Gasteiger partial charge is 0.396 e. The molecule has 3 fully saturated rings. The summed E-state index contributed by atoms with van der Waals surface area (Å²) in [6, 6.07) is 0. The van der Waals surface area contributed by atoms with Crippen LogP contribution in [0.15, 0.2) is 23.8 Å². The molecule has 5 rings (SSSR count). The molecule has 0 aromatic heterocycles. The van der Waals surface area contributed by atoms with Crippen LogP contribution >= 0.6 is 0 Å². The van der Waals surface area contributed by atoms with E-state index in [0.717, 1.165) is 11.8 Å². The van der Waals surface area contributed by atoms with Gasteiger partial charge in [-0.3, -0.25) is 0 Å². The molecule has 0 aliphatic heterocycles. The molecule has 1 heteroatoms. The van der Waals surface area contributed by atoms with E-state index in [2.05, 4.69) is 66.7 Å². The van der Waals surface area contributed by atoms with Crippen molar-refractivity contribution in [2.75, 3.05) is 6.61 Å². The summed E-state index contributed by atoms with van der Waals surface area (Å²) in [6.07, 6.45) is 19.6. The summed E-state index contributed by atoms with van der Waals surface area (Å²) in [5.41, 5.74) is 3.85. The second kappa shape index (κ2) is 6.52. The molecule has 8 atom stereocenters. The molecule has 5 aliphatic rings. The van der Waals surface area contributed by atoms with Gasteiger partial charge in [-0.15, -0.1) is 0 Å². The van der Waals surface area contributed by atoms with Gasteiger partial charge < -0.3 is 5.11 Å². The van der Waals surface area contributed by atoms with Crippen LogP contribution in [0.3, 0.4) is 0 Å². The molecule has 1 nitrogen and oxygen atoms in total. The summed E-state index contributed by atoms with van der Waals surface area (Å²) in [6.45, 7) is 18.3. The smallest absolute Gasteiger partial charge is 0.0484 e. The van der Waals surface area contributed by atoms with Crippen molar-refractivity contribution >= 4 is 0 Å². The van der Waals surface area contributed by atoms with Gasteiger partial charge in [0.15, 0.2) is 0 Å². The molecule has 1 N–H and O–H groups in total. The molecule has 0 unspecified atom stereocenters. The Kier molecular flexibility index (Phi) is 4.68. The van der Waals surface area contributed by atoms with Gasteiger partial charge in [-0.2, -0.15) is 0 Å². The van der Waals surface area contributed by atoms with E-state index in [1.165, 1.54) is 57.8 Å². The highest BCUT2D eigenvalue weighted by molar-refractivity contribution is 5.34. The Morgan fingerprint density at radius 1 is 0.903 bits per heavy atom. The highest BCUT2D eigenvalue weighted by atomic mass is 16.3. The van der Waals surface area contributed by atoms with E-state index in [4.69, 9.17) is 0 Å². The van der Waals surface area contributed by atoms with Crippen LogP contribution in [0.4, 0.5) is 0 Å². The number of allylic oxidation sites excluding steroid dienone is 4. The third-order valence-electron chi connectivity index (χ3n) is 12.6. The molecular formula is C30H48O. The number of hydrogen-bond donors (Lipinski definition) is 1. The summed E-state index contributed by atoms with van der Waals surface area (Å²) in [4.78, 5) is 0. The zero-order chi connectivity index (χ0) is 22.5. The van der Waals surface area contributed by atoms with Crippen molar-refractivity contribution in [2.24, 2.45) is 50.2 Å². The van der Waals surface area contributed by atoms with Crippen molar-refractivity contribution in [3.05, 3.63) is 23.8 Å². The predicted molar refractivity (Wildman–Crippen MR) is 131 cm³/mol. The minimum Gasteiger partial charge on any atom is -0.396 e. The molecule has 5 aliphatic carbocycles. The van der Waals surface area contributed by atoms with E-state index in [9.17, 15) is 5.11 Å². The van der Waals surface area contributed by atoms with E-state index in [1.807, 2.05) is 5.57 Å². The van der Waals surface area contributed by atoms with Crippen LogP contribution in [0.25, 0.3) is 0 Å². The zero-order valence-electron chi connectivity index (χ0n) is 21.5. The SMILES string of the molecule is CC1(C)C=CC[C@]2(C)[C@H]3CC=C4[C@@H]5C[C@@](C)(CO)CC[C@]5(C)CC[C@@]4(C)[C@]3(C)CC[C@@H]12. The minimum atomic E-state index is 0.114. The standard InChI is InChI=1S/C30H48O/c1-25(2)12-8-13-28(5)23(25)11-14-30(7)24(28)10-9-21-22-19-26(3,20-31)15-16-27(22,4)17-18-29(21,30)6/h8-9,12,22-24,31H,10-11,13-20H2,1-7H3/t22-,23-,24+,26-,27+,28-,29+,30+/m0/s1. The van der Waals surface area contributed by atoms with E-state index in [-0.39, 0.29) is 5.41 Å². The van der Waals surface area contributed by atoms with Crippen LogP contribution in [-0.4, -0.2) is 11.7 Å². The first kappa shape index (κ1) is 22.2. The summed E-state index contributed by atoms with van der Waals surface area (Å²) < 4.78 is 0. The Labute approximate surface area is 192 Å². The predicted octanol–water partition coefficient (Wildman–Crippen LogP) is 7.95. The van der Waals surface area contributed by atoms with Crippen LogP contribution in [-0.2, 0) is 0 Å². The van der Waals surface area contributed by atoms with Gasteiger partial charge in [0, 0.05) is 6.61 Å². The maximum absolute atomic E-state index is 10.2. The average molecular weight is 425 g/mol. The number of rotatable bonds is 1. The molecule has 31 heavy (non-hydrogen) atoms. The summed E-state index contributed by atoms with van der Waals surface area (Å²) >= 11 is 0. The molecule has 3 saturated carbocycles. The van der Waals surface area contributed by atoms with Crippen LogP contribution in [0.2, 0.25) is 0 Å². The Balaban J connectivity index is 1.58. The third kappa shape index (κ3) is 2.77. The first-order valence-electron chi connectivity index (χ1n) is 13.3. The second-order valence-corrected chi connectivity index (χ2v) is 14.6. The quantitative estimate of drug-likeness (QED) is 0.423. The fourth-order valence-corrected chi connectivity index (χ4v) is 10.2. The molecule has 0 radical (unpaired) electrons. The zero-order valence-corrected chi connectivity index (χ0v) is 21.5. The molecule has 0 saturated heterocycles. The lowest BCUT2D eigenvalue weighted by Gasteiger charge is -2.70. The fourth-order valence-electron chi connectivity index (χ4n) is 10.2. The third-order valence-corrected chi connectivity index (χ3v) is 12.6. The van der Waals surface area contributed by atoms with Crippen molar-refractivity contribution in [3.8, 4) is 0 Å². The molecular weight excluding hydrogens is 376 g/mol.